The van der Waals surface area contributed by atoms with Crippen molar-refractivity contribution >= 4 is 11.9 Å². The van der Waals surface area contributed by atoms with Gasteiger partial charge < -0.3 is 14.2 Å². The number of carbonyl (C=O) groups excluding carboxylic acids is 2. The smallest absolute Gasteiger partial charge is 0.330 e. The highest BCUT2D eigenvalue weighted by Gasteiger charge is 2.65. The standard InChI is InChI=1S/C19H22O5/c1-4-14-11-8-12-22-15(13-9-6-5-7-10-13)19(14)16(20)23-18(2,3)24-17(19)21/h4-7,9-10,14-15H,1,8,11-12H2,2-3H3. The van der Waals surface area contributed by atoms with E-state index in [1.165, 1.54) is 0 Å². The Hall–Kier alpha value is -2.14. The minimum absolute atomic E-state index is 0.415. The second-order valence-electron chi connectivity index (χ2n) is 6.69. The Labute approximate surface area is 141 Å². The third-order valence-corrected chi connectivity index (χ3v) is 4.68. The molecule has 2 heterocycles. The number of hydrogen-bond acceptors (Lipinski definition) is 5. The second kappa shape index (κ2) is 6.06. The van der Waals surface area contributed by atoms with E-state index in [4.69, 9.17) is 14.2 Å². The number of cyclic esters (lactones) is 2. The third-order valence-electron chi connectivity index (χ3n) is 4.68. The number of rotatable bonds is 2. The number of esters is 2. The first kappa shape index (κ1) is 16.7. The van der Waals surface area contributed by atoms with Gasteiger partial charge in [-0.1, -0.05) is 36.4 Å². The zero-order valence-electron chi connectivity index (χ0n) is 14.0. The van der Waals surface area contributed by atoms with Gasteiger partial charge in [0.05, 0.1) is 0 Å². The predicted molar refractivity (Wildman–Crippen MR) is 86.8 cm³/mol. The minimum Gasteiger partial charge on any atom is -0.422 e. The van der Waals surface area contributed by atoms with Gasteiger partial charge in [-0.2, -0.15) is 0 Å². The van der Waals surface area contributed by atoms with E-state index in [0.717, 1.165) is 12.0 Å². The zero-order chi connectivity index (χ0) is 17.4. The summed E-state index contributed by atoms with van der Waals surface area (Å²) >= 11 is 0. The van der Waals surface area contributed by atoms with Crippen LogP contribution in [0.15, 0.2) is 43.0 Å². The summed E-state index contributed by atoms with van der Waals surface area (Å²) in [6, 6.07) is 9.27. The summed E-state index contributed by atoms with van der Waals surface area (Å²) in [5, 5.41) is 0. The van der Waals surface area contributed by atoms with Gasteiger partial charge in [-0.15, -0.1) is 6.58 Å². The number of carbonyl (C=O) groups is 2. The lowest BCUT2D eigenvalue weighted by Gasteiger charge is -2.45. The summed E-state index contributed by atoms with van der Waals surface area (Å²) < 4.78 is 16.9. The number of hydrogen-bond donors (Lipinski definition) is 0. The maximum absolute atomic E-state index is 13.1. The highest BCUT2D eigenvalue weighted by molar-refractivity contribution is 6.03. The minimum atomic E-state index is -1.56. The van der Waals surface area contributed by atoms with Crippen molar-refractivity contribution in [2.24, 2.45) is 11.3 Å². The van der Waals surface area contributed by atoms with Crippen molar-refractivity contribution in [3.63, 3.8) is 0 Å². The molecule has 128 valence electrons. The predicted octanol–water partition coefficient (Wildman–Crippen LogP) is 3.16. The quantitative estimate of drug-likeness (QED) is 0.473. The van der Waals surface area contributed by atoms with Crippen molar-refractivity contribution in [2.75, 3.05) is 6.61 Å². The molecule has 2 aliphatic rings. The van der Waals surface area contributed by atoms with Crippen molar-refractivity contribution in [3.8, 4) is 0 Å². The normalized spacial score (nSPS) is 28.6. The van der Waals surface area contributed by atoms with Crippen molar-refractivity contribution < 1.29 is 23.8 Å². The molecule has 5 heteroatoms. The van der Waals surface area contributed by atoms with Crippen molar-refractivity contribution in [3.05, 3.63) is 48.6 Å². The number of allylic oxidation sites excluding steroid dienone is 1. The number of benzene rings is 1. The maximum atomic E-state index is 13.1. The molecule has 24 heavy (non-hydrogen) atoms. The zero-order valence-corrected chi connectivity index (χ0v) is 14.0. The highest BCUT2D eigenvalue weighted by atomic mass is 16.7. The van der Waals surface area contributed by atoms with Crippen molar-refractivity contribution in [2.45, 2.75) is 38.6 Å². The molecule has 2 unspecified atom stereocenters. The summed E-state index contributed by atoms with van der Waals surface area (Å²) in [7, 11) is 0. The molecule has 0 saturated carbocycles. The van der Waals surface area contributed by atoms with Gasteiger partial charge in [0.1, 0.15) is 6.10 Å². The molecule has 5 nitrogen and oxygen atoms in total. The molecule has 3 rings (SSSR count). The fourth-order valence-electron chi connectivity index (χ4n) is 3.59. The van der Waals surface area contributed by atoms with E-state index in [-0.39, 0.29) is 0 Å². The van der Waals surface area contributed by atoms with E-state index in [9.17, 15) is 9.59 Å². The molecule has 0 amide bonds. The largest absolute Gasteiger partial charge is 0.422 e. The van der Waals surface area contributed by atoms with Crippen LogP contribution in [0.1, 0.15) is 38.4 Å². The monoisotopic (exact) mass is 330 g/mol. The molecular formula is C19H22O5. The average molecular weight is 330 g/mol. The maximum Gasteiger partial charge on any atom is 0.330 e. The van der Waals surface area contributed by atoms with E-state index in [2.05, 4.69) is 6.58 Å². The molecule has 0 radical (unpaired) electrons. The van der Waals surface area contributed by atoms with Crippen molar-refractivity contribution in [1.82, 2.24) is 0 Å². The van der Waals surface area contributed by atoms with Crippen LogP contribution in [0.3, 0.4) is 0 Å². The van der Waals surface area contributed by atoms with Gasteiger partial charge in [0, 0.05) is 26.4 Å². The van der Waals surface area contributed by atoms with Gasteiger partial charge >= 0.3 is 11.9 Å². The highest BCUT2D eigenvalue weighted by Crippen LogP contribution is 2.52. The van der Waals surface area contributed by atoms with Gasteiger partial charge in [0.25, 0.3) is 5.79 Å². The van der Waals surface area contributed by atoms with E-state index in [1.807, 2.05) is 30.3 Å². The van der Waals surface area contributed by atoms with E-state index >= 15 is 0 Å². The average Bonchev–Trinajstić information content (AvgIpc) is 2.73. The van der Waals surface area contributed by atoms with Gasteiger partial charge in [0.15, 0.2) is 0 Å². The Morgan fingerprint density at radius 3 is 2.33 bits per heavy atom. The Morgan fingerprint density at radius 1 is 1.12 bits per heavy atom. The Bertz CT molecular complexity index is 629. The van der Waals surface area contributed by atoms with E-state index in [0.29, 0.717) is 13.0 Å². The van der Waals surface area contributed by atoms with Crippen LogP contribution in [0.25, 0.3) is 0 Å². The van der Waals surface area contributed by atoms with Crippen LogP contribution in [-0.2, 0) is 23.8 Å². The summed E-state index contributed by atoms with van der Waals surface area (Å²) in [6.45, 7) is 7.39. The van der Waals surface area contributed by atoms with Gasteiger partial charge in [-0.25, -0.2) is 0 Å². The molecular weight excluding hydrogens is 308 g/mol. The summed E-state index contributed by atoms with van der Waals surface area (Å²) in [6.07, 6.45) is 2.22. The van der Waals surface area contributed by atoms with Crippen LogP contribution in [0.5, 0.6) is 0 Å². The van der Waals surface area contributed by atoms with Crippen LogP contribution >= 0.6 is 0 Å². The van der Waals surface area contributed by atoms with Crippen LogP contribution < -0.4 is 0 Å². The lowest BCUT2D eigenvalue weighted by molar-refractivity contribution is -0.263. The molecule has 1 aromatic rings. The molecule has 1 aromatic carbocycles. The Morgan fingerprint density at radius 2 is 1.75 bits per heavy atom. The molecule has 0 N–H and O–H groups in total. The first-order valence-electron chi connectivity index (χ1n) is 8.18. The topological polar surface area (TPSA) is 61.8 Å². The first-order chi connectivity index (χ1) is 11.4. The first-order valence-corrected chi connectivity index (χ1v) is 8.18. The molecule has 0 aromatic heterocycles. The van der Waals surface area contributed by atoms with Crippen LogP contribution in [0, 0.1) is 11.3 Å². The van der Waals surface area contributed by atoms with E-state index < -0.39 is 35.2 Å². The van der Waals surface area contributed by atoms with E-state index in [1.54, 1.807) is 19.9 Å². The molecule has 2 aliphatic heterocycles. The molecule has 0 bridgehead atoms. The summed E-state index contributed by atoms with van der Waals surface area (Å²) in [5.74, 6) is -2.91. The fourth-order valence-corrected chi connectivity index (χ4v) is 3.59. The fraction of sp³-hybridized carbons (Fsp3) is 0.474. The second-order valence-corrected chi connectivity index (χ2v) is 6.69. The van der Waals surface area contributed by atoms with Gasteiger partial charge in [0.2, 0.25) is 5.41 Å². The molecule has 2 fully saturated rings. The van der Waals surface area contributed by atoms with Crippen LogP contribution in [0.2, 0.25) is 0 Å². The van der Waals surface area contributed by atoms with Crippen LogP contribution in [-0.4, -0.2) is 24.3 Å². The van der Waals surface area contributed by atoms with Crippen molar-refractivity contribution in [1.29, 1.82) is 0 Å². The molecule has 2 saturated heterocycles. The lowest BCUT2D eigenvalue weighted by atomic mass is 9.67. The third kappa shape index (κ3) is 2.53. The summed E-state index contributed by atoms with van der Waals surface area (Å²) in [4.78, 5) is 26.1. The SMILES string of the molecule is C=CC1CCCOC(c2ccccc2)C12C(=O)OC(C)(C)OC2=O. The molecule has 0 aliphatic carbocycles. The lowest BCUT2D eigenvalue weighted by Crippen LogP contribution is -2.59. The Kier molecular flexibility index (Phi) is 4.22. The van der Waals surface area contributed by atoms with Crippen LogP contribution in [0.4, 0.5) is 0 Å². The van der Waals surface area contributed by atoms with Gasteiger partial charge in [-0.3, -0.25) is 9.59 Å². The van der Waals surface area contributed by atoms with Gasteiger partial charge in [-0.05, 0) is 18.4 Å². The Balaban J connectivity index is 2.17. The molecule has 1 spiro atoms. The summed E-state index contributed by atoms with van der Waals surface area (Å²) in [5.41, 5.74) is -0.811. The molecule has 2 atom stereocenters. The number of ether oxygens (including phenoxy) is 3.